The third kappa shape index (κ3) is 3.03. The highest BCUT2D eigenvalue weighted by Crippen LogP contribution is 2.28. The van der Waals surface area contributed by atoms with Crippen LogP contribution in [0.15, 0.2) is 17.0 Å². The number of rotatable bonds is 4. The van der Waals surface area contributed by atoms with Crippen molar-refractivity contribution < 1.29 is 31.5 Å². The first-order chi connectivity index (χ1) is 9.73. The second kappa shape index (κ2) is 5.64. The summed E-state index contributed by atoms with van der Waals surface area (Å²) in [5, 5.41) is 8.67. The van der Waals surface area contributed by atoms with Crippen molar-refractivity contribution in [3.05, 3.63) is 29.6 Å². The van der Waals surface area contributed by atoms with Crippen molar-refractivity contribution in [2.75, 3.05) is 13.1 Å². The van der Waals surface area contributed by atoms with Gasteiger partial charge in [0.05, 0.1) is 0 Å². The van der Waals surface area contributed by atoms with Gasteiger partial charge in [0.15, 0.2) is 17.5 Å². The van der Waals surface area contributed by atoms with Crippen LogP contribution in [-0.4, -0.2) is 36.9 Å². The van der Waals surface area contributed by atoms with Crippen molar-refractivity contribution in [3.8, 4) is 0 Å². The van der Waals surface area contributed by atoms with Gasteiger partial charge in [-0.15, -0.1) is 0 Å². The first-order valence-corrected chi connectivity index (χ1v) is 7.53. The maximum Gasteiger partial charge on any atom is 0.303 e. The predicted octanol–water partition coefficient (Wildman–Crippen LogP) is 1.59. The molecule has 0 radical (unpaired) electrons. The summed E-state index contributed by atoms with van der Waals surface area (Å²) in [4.78, 5) is 9.65. The van der Waals surface area contributed by atoms with Crippen LogP contribution in [-0.2, 0) is 14.8 Å². The van der Waals surface area contributed by atoms with Gasteiger partial charge in [-0.2, -0.15) is 4.31 Å². The van der Waals surface area contributed by atoms with E-state index in [1.165, 1.54) is 0 Å². The zero-order valence-electron chi connectivity index (χ0n) is 10.7. The van der Waals surface area contributed by atoms with E-state index in [0.717, 1.165) is 4.31 Å². The molecule has 1 N–H and O–H groups in total. The molecule has 116 valence electrons. The van der Waals surface area contributed by atoms with E-state index in [4.69, 9.17) is 5.11 Å². The molecule has 1 unspecified atom stereocenters. The van der Waals surface area contributed by atoms with Crippen LogP contribution in [0.4, 0.5) is 13.2 Å². The molecule has 21 heavy (non-hydrogen) atoms. The molecule has 1 fully saturated rings. The Hall–Kier alpha value is -1.61. The van der Waals surface area contributed by atoms with Crippen molar-refractivity contribution in [2.24, 2.45) is 5.92 Å². The second-order valence-electron chi connectivity index (χ2n) is 4.79. The molecule has 0 spiro atoms. The average Bonchev–Trinajstić information content (AvgIpc) is 2.84. The molecule has 0 aromatic heterocycles. The lowest BCUT2D eigenvalue weighted by Gasteiger charge is -2.17. The van der Waals surface area contributed by atoms with E-state index in [2.05, 4.69) is 0 Å². The van der Waals surface area contributed by atoms with E-state index in [1.54, 1.807) is 0 Å². The molecule has 5 nitrogen and oxygen atoms in total. The number of hydrogen-bond acceptors (Lipinski definition) is 3. The van der Waals surface area contributed by atoms with Crippen LogP contribution >= 0.6 is 0 Å². The second-order valence-corrected chi connectivity index (χ2v) is 6.70. The lowest BCUT2D eigenvalue weighted by molar-refractivity contribution is -0.137. The summed E-state index contributed by atoms with van der Waals surface area (Å²) < 4.78 is 64.9. The summed E-state index contributed by atoms with van der Waals surface area (Å²) in [5.74, 6) is -6.53. The summed E-state index contributed by atoms with van der Waals surface area (Å²) in [6.07, 6.45) is 0.114. The Labute approximate surface area is 119 Å². The van der Waals surface area contributed by atoms with Crippen molar-refractivity contribution in [3.63, 3.8) is 0 Å². The highest BCUT2D eigenvalue weighted by molar-refractivity contribution is 7.89. The zero-order chi connectivity index (χ0) is 15.8. The summed E-state index contributed by atoms with van der Waals surface area (Å²) >= 11 is 0. The van der Waals surface area contributed by atoms with E-state index >= 15 is 0 Å². The number of carboxylic acids is 1. The number of halogens is 3. The van der Waals surface area contributed by atoms with E-state index in [-0.39, 0.29) is 25.4 Å². The van der Waals surface area contributed by atoms with Gasteiger partial charge in [0, 0.05) is 19.5 Å². The Morgan fingerprint density at radius 2 is 1.95 bits per heavy atom. The topological polar surface area (TPSA) is 74.7 Å². The average molecular weight is 323 g/mol. The molecule has 1 aromatic carbocycles. The molecule has 1 heterocycles. The van der Waals surface area contributed by atoms with E-state index in [1.807, 2.05) is 0 Å². The smallest absolute Gasteiger partial charge is 0.303 e. The molecule has 0 aliphatic carbocycles. The fraction of sp³-hybridized carbons (Fsp3) is 0.417. The van der Waals surface area contributed by atoms with Crippen LogP contribution in [0.3, 0.4) is 0 Å². The summed E-state index contributed by atoms with van der Waals surface area (Å²) in [5.41, 5.74) is 0. The minimum atomic E-state index is -4.32. The normalized spacial score (nSPS) is 19.9. The molecule has 1 aromatic rings. The Morgan fingerprint density at radius 1 is 1.29 bits per heavy atom. The summed E-state index contributed by atoms with van der Waals surface area (Å²) in [7, 11) is -4.32. The Balaban J connectivity index is 2.28. The van der Waals surface area contributed by atoms with Crippen LogP contribution in [0.5, 0.6) is 0 Å². The molecular weight excluding hydrogens is 311 g/mol. The highest BCUT2D eigenvalue weighted by atomic mass is 32.2. The number of nitrogens with zero attached hydrogens (tertiary/aromatic N) is 1. The van der Waals surface area contributed by atoms with Gasteiger partial charge < -0.3 is 5.11 Å². The van der Waals surface area contributed by atoms with E-state index in [0.29, 0.717) is 18.6 Å². The van der Waals surface area contributed by atoms with Crippen LogP contribution in [0.25, 0.3) is 0 Å². The molecule has 0 amide bonds. The SMILES string of the molecule is O=C(O)CC1CCN(S(=O)(=O)c2ccc(F)c(F)c2F)C1. The predicted molar refractivity (Wildman–Crippen MR) is 65.4 cm³/mol. The molecular formula is C12H12F3NO4S. The van der Waals surface area contributed by atoms with Crippen molar-refractivity contribution in [1.29, 1.82) is 0 Å². The number of carboxylic acid groups (broad SMARTS) is 1. The van der Waals surface area contributed by atoms with E-state index < -0.39 is 38.3 Å². The van der Waals surface area contributed by atoms with Gasteiger partial charge in [-0.05, 0) is 24.5 Å². The van der Waals surface area contributed by atoms with Gasteiger partial charge >= 0.3 is 5.97 Å². The van der Waals surface area contributed by atoms with Gasteiger partial charge in [0.2, 0.25) is 10.0 Å². The molecule has 0 saturated carbocycles. The molecule has 9 heteroatoms. The number of benzene rings is 1. The number of hydrogen-bond donors (Lipinski definition) is 1. The Morgan fingerprint density at radius 3 is 2.57 bits per heavy atom. The Bertz CT molecular complexity index is 677. The summed E-state index contributed by atoms with van der Waals surface area (Å²) in [6.45, 7) is -0.0776. The first-order valence-electron chi connectivity index (χ1n) is 6.09. The zero-order valence-corrected chi connectivity index (χ0v) is 11.5. The van der Waals surface area contributed by atoms with Gasteiger partial charge in [0.1, 0.15) is 4.90 Å². The maximum atomic E-state index is 13.6. The first kappa shape index (κ1) is 15.8. The third-order valence-electron chi connectivity index (χ3n) is 3.33. The maximum absolute atomic E-state index is 13.6. The number of carbonyl (C=O) groups is 1. The van der Waals surface area contributed by atoms with Gasteiger partial charge in [-0.25, -0.2) is 21.6 Å². The minimum absolute atomic E-state index is 0.0126. The standard InChI is InChI=1S/C12H12F3NO4S/c13-8-1-2-9(12(15)11(8)14)21(19,20)16-4-3-7(6-16)5-10(17)18/h1-2,7H,3-6H2,(H,17,18). The van der Waals surface area contributed by atoms with Crippen molar-refractivity contribution in [1.82, 2.24) is 4.31 Å². The molecule has 0 bridgehead atoms. The van der Waals surface area contributed by atoms with Crippen LogP contribution < -0.4 is 0 Å². The lowest BCUT2D eigenvalue weighted by Crippen LogP contribution is -2.30. The van der Waals surface area contributed by atoms with Gasteiger partial charge in [-0.3, -0.25) is 4.79 Å². The van der Waals surface area contributed by atoms with Crippen LogP contribution in [0.2, 0.25) is 0 Å². The number of sulfonamides is 1. The van der Waals surface area contributed by atoms with Crippen molar-refractivity contribution >= 4 is 16.0 Å². The van der Waals surface area contributed by atoms with Crippen molar-refractivity contribution in [2.45, 2.75) is 17.7 Å². The quantitative estimate of drug-likeness (QED) is 0.854. The highest BCUT2D eigenvalue weighted by Gasteiger charge is 2.36. The van der Waals surface area contributed by atoms with Crippen LogP contribution in [0.1, 0.15) is 12.8 Å². The number of aliphatic carboxylic acids is 1. The fourth-order valence-corrected chi connectivity index (χ4v) is 3.86. The minimum Gasteiger partial charge on any atom is -0.481 e. The molecule has 1 aliphatic heterocycles. The molecule has 2 rings (SSSR count). The van der Waals surface area contributed by atoms with Gasteiger partial charge in [0.25, 0.3) is 0 Å². The largest absolute Gasteiger partial charge is 0.481 e. The van der Waals surface area contributed by atoms with Crippen LogP contribution in [0, 0.1) is 23.4 Å². The molecule has 1 aliphatic rings. The van der Waals surface area contributed by atoms with E-state index in [9.17, 15) is 26.4 Å². The lowest BCUT2D eigenvalue weighted by atomic mass is 10.1. The molecule has 1 saturated heterocycles. The third-order valence-corrected chi connectivity index (χ3v) is 5.21. The monoisotopic (exact) mass is 323 g/mol. The Kier molecular flexibility index (Phi) is 4.24. The van der Waals surface area contributed by atoms with Gasteiger partial charge in [-0.1, -0.05) is 0 Å². The fourth-order valence-electron chi connectivity index (χ4n) is 2.28. The molecule has 1 atom stereocenters. The summed E-state index contributed by atoms with van der Waals surface area (Å²) in [6, 6.07) is 1.20.